The summed E-state index contributed by atoms with van der Waals surface area (Å²) < 4.78 is 17.0. The molecule has 0 rings (SSSR count). The number of allylic oxidation sites excluding steroid dienone is 16. The average Bonchev–Trinajstić information content (AvgIpc) is 3.47. The van der Waals surface area contributed by atoms with Gasteiger partial charge < -0.3 is 14.2 Å². The number of ether oxygens (including phenoxy) is 3. The zero-order valence-corrected chi connectivity index (χ0v) is 54.2. The number of hydrogen-bond donors (Lipinski definition) is 0. The Balaban J connectivity index is 4.36. The van der Waals surface area contributed by atoms with Crippen LogP contribution in [0.1, 0.15) is 348 Å². The predicted molar refractivity (Wildman–Crippen MR) is 357 cm³/mol. The summed E-state index contributed by atoms with van der Waals surface area (Å²) in [6.07, 6.45) is 94.3. The van der Waals surface area contributed by atoms with E-state index in [1.807, 2.05) is 0 Å². The van der Waals surface area contributed by atoms with Crippen LogP contribution in [-0.4, -0.2) is 37.2 Å². The van der Waals surface area contributed by atoms with Gasteiger partial charge in [-0.25, -0.2) is 0 Å². The van der Waals surface area contributed by atoms with Crippen molar-refractivity contribution in [3.05, 3.63) is 97.2 Å². The normalized spacial score (nSPS) is 12.7. The minimum Gasteiger partial charge on any atom is -0.462 e. The Morgan fingerprint density at radius 3 is 0.744 bits per heavy atom. The number of carbonyl (C=O) groups is 3. The first-order chi connectivity index (χ1) is 40.5. The molecule has 0 amide bonds. The molecule has 0 aliphatic heterocycles. The van der Waals surface area contributed by atoms with Gasteiger partial charge in [-0.2, -0.15) is 0 Å². The number of esters is 3. The fourth-order valence-electron chi connectivity index (χ4n) is 10.1. The van der Waals surface area contributed by atoms with E-state index in [1.54, 1.807) is 0 Å². The van der Waals surface area contributed by atoms with Gasteiger partial charge >= 0.3 is 17.9 Å². The number of rotatable bonds is 64. The van der Waals surface area contributed by atoms with Crippen LogP contribution < -0.4 is 0 Å². The van der Waals surface area contributed by atoms with E-state index in [-0.39, 0.29) is 31.1 Å². The van der Waals surface area contributed by atoms with E-state index < -0.39 is 6.10 Å². The molecule has 0 aliphatic carbocycles. The van der Waals surface area contributed by atoms with E-state index in [1.165, 1.54) is 186 Å². The van der Waals surface area contributed by atoms with E-state index in [4.69, 9.17) is 14.2 Å². The third-order valence-electron chi connectivity index (χ3n) is 15.4. The molecule has 0 radical (unpaired) electrons. The lowest BCUT2D eigenvalue weighted by Crippen LogP contribution is -2.30. The van der Waals surface area contributed by atoms with Crippen molar-refractivity contribution in [3.63, 3.8) is 0 Å². The Bertz CT molecular complexity index is 1590. The minimum absolute atomic E-state index is 0.0808. The van der Waals surface area contributed by atoms with Crippen molar-refractivity contribution < 1.29 is 28.6 Å². The van der Waals surface area contributed by atoms with E-state index in [9.17, 15) is 14.4 Å². The molecule has 0 N–H and O–H groups in total. The van der Waals surface area contributed by atoms with Crippen molar-refractivity contribution in [3.8, 4) is 0 Å². The molecule has 0 aromatic rings. The summed E-state index contributed by atoms with van der Waals surface area (Å²) in [5.74, 6) is -0.887. The smallest absolute Gasteiger partial charge is 0.306 e. The van der Waals surface area contributed by atoms with Gasteiger partial charge in [-0.1, -0.05) is 343 Å². The molecule has 0 saturated carbocycles. The van der Waals surface area contributed by atoms with Crippen molar-refractivity contribution in [2.75, 3.05) is 13.2 Å². The summed E-state index contributed by atoms with van der Waals surface area (Å²) in [4.78, 5) is 38.4. The molecule has 0 fully saturated rings. The maximum atomic E-state index is 13.0. The quantitative estimate of drug-likeness (QED) is 0.0261. The molecular weight excluding hydrogens is 1010 g/mol. The van der Waals surface area contributed by atoms with Crippen LogP contribution >= 0.6 is 0 Å². The molecule has 472 valence electrons. The highest BCUT2D eigenvalue weighted by Gasteiger charge is 2.19. The Labute approximate surface area is 508 Å². The van der Waals surface area contributed by atoms with E-state index in [2.05, 4.69) is 118 Å². The molecule has 82 heavy (non-hydrogen) atoms. The molecule has 0 bridgehead atoms. The summed E-state index contributed by atoms with van der Waals surface area (Å²) in [5, 5.41) is 0. The largest absolute Gasteiger partial charge is 0.462 e. The summed E-state index contributed by atoms with van der Waals surface area (Å²) in [6.45, 7) is 6.56. The van der Waals surface area contributed by atoms with Crippen molar-refractivity contribution in [2.24, 2.45) is 0 Å². The molecule has 0 spiro atoms. The summed E-state index contributed by atoms with van der Waals surface area (Å²) in [7, 11) is 0. The maximum Gasteiger partial charge on any atom is 0.306 e. The van der Waals surface area contributed by atoms with Gasteiger partial charge in [-0.3, -0.25) is 14.4 Å². The second kappa shape index (κ2) is 69.8. The molecule has 6 heteroatoms. The maximum absolute atomic E-state index is 13.0. The van der Waals surface area contributed by atoms with E-state index in [0.717, 1.165) is 122 Å². The minimum atomic E-state index is -0.787. The summed E-state index contributed by atoms with van der Waals surface area (Å²) in [5.41, 5.74) is 0. The van der Waals surface area contributed by atoms with Crippen LogP contribution in [0.4, 0.5) is 0 Å². The molecule has 1 atom stereocenters. The van der Waals surface area contributed by atoms with Crippen LogP contribution in [0.25, 0.3) is 0 Å². The highest BCUT2D eigenvalue weighted by atomic mass is 16.6. The lowest BCUT2D eigenvalue weighted by Gasteiger charge is -2.18. The summed E-state index contributed by atoms with van der Waals surface area (Å²) in [6, 6.07) is 0. The first kappa shape index (κ1) is 78.3. The first-order valence-corrected chi connectivity index (χ1v) is 35.2. The molecule has 6 nitrogen and oxygen atoms in total. The molecule has 0 aliphatic rings. The molecule has 1 unspecified atom stereocenters. The van der Waals surface area contributed by atoms with Gasteiger partial charge in [0.05, 0.1) is 0 Å². The molecular formula is C76H132O6. The second-order valence-corrected chi connectivity index (χ2v) is 23.4. The Hall–Kier alpha value is -3.67. The topological polar surface area (TPSA) is 78.9 Å². The third kappa shape index (κ3) is 67.1. The van der Waals surface area contributed by atoms with Gasteiger partial charge in [0.15, 0.2) is 6.10 Å². The van der Waals surface area contributed by atoms with Crippen LogP contribution in [-0.2, 0) is 28.6 Å². The van der Waals surface area contributed by atoms with Gasteiger partial charge in [-0.05, 0) is 83.5 Å². The third-order valence-corrected chi connectivity index (χ3v) is 15.4. The Kier molecular flexibility index (Phi) is 66.7. The van der Waals surface area contributed by atoms with Gasteiger partial charge in [0.2, 0.25) is 0 Å². The fraction of sp³-hybridized carbons (Fsp3) is 0.750. The zero-order valence-electron chi connectivity index (χ0n) is 54.2. The second-order valence-electron chi connectivity index (χ2n) is 23.4. The summed E-state index contributed by atoms with van der Waals surface area (Å²) >= 11 is 0. The Morgan fingerprint density at radius 1 is 0.256 bits per heavy atom. The lowest BCUT2D eigenvalue weighted by molar-refractivity contribution is -0.167. The van der Waals surface area contributed by atoms with Crippen molar-refractivity contribution in [1.82, 2.24) is 0 Å². The molecule has 0 saturated heterocycles. The number of carbonyl (C=O) groups excluding carboxylic acids is 3. The number of unbranched alkanes of at least 4 members (excludes halogenated alkanes) is 37. The van der Waals surface area contributed by atoms with Crippen molar-refractivity contribution in [1.29, 1.82) is 0 Å². The van der Waals surface area contributed by atoms with Gasteiger partial charge in [0, 0.05) is 19.3 Å². The van der Waals surface area contributed by atoms with Crippen LogP contribution in [0.2, 0.25) is 0 Å². The Morgan fingerprint density at radius 2 is 0.476 bits per heavy atom. The van der Waals surface area contributed by atoms with E-state index in [0.29, 0.717) is 19.3 Å². The monoisotopic (exact) mass is 1140 g/mol. The molecule has 0 heterocycles. The zero-order chi connectivity index (χ0) is 59.2. The highest BCUT2D eigenvalue weighted by Crippen LogP contribution is 2.18. The van der Waals surface area contributed by atoms with Crippen LogP contribution in [0, 0.1) is 0 Å². The number of hydrogen-bond acceptors (Lipinski definition) is 6. The van der Waals surface area contributed by atoms with Crippen LogP contribution in [0.15, 0.2) is 97.2 Å². The fourth-order valence-corrected chi connectivity index (χ4v) is 10.1. The highest BCUT2D eigenvalue weighted by molar-refractivity contribution is 5.71. The lowest BCUT2D eigenvalue weighted by atomic mass is 10.0. The van der Waals surface area contributed by atoms with Gasteiger partial charge in [0.25, 0.3) is 0 Å². The van der Waals surface area contributed by atoms with E-state index >= 15 is 0 Å². The van der Waals surface area contributed by atoms with Crippen molar-refractivity contribution in [2.45, 2.75) is 354 Å². The first-order valence-electron chi connectivity index (χ1n) is 35.2. The van der Waals surface area contributed by atoms with Gasteiger partial charge in [0.1, 0.15) is 13.2 Å². The van der Waals surface area contributed by atoms with Gasteiger partial charge in [-0.15, -0.1) is 0 Å². The van der Waals surface area contributed by atoms with Crippen LogP contribution in [0.5, 0.6) is 0 Å². The van der Waals surface area contributed by atoms with Crippen LogP contribution in [0.3, 0.4) is 0 Å². The molecule has 0 aromatic carbocycles. The average molecular weight is 1140 g/mol. The van der Waals surface area contributed by atoms with Crippen molar-refractivity contribution >= 4 is 17.9 Å². The SMILES string of the molecule is CC/C=C\C/C=C\C/C=C\C/C=C\C/C=C\C/C=C\C/C=C\C/C=C\CCCCCCC(=O)OCC(COC(=O)CCCCCCCCCCCCCCCC)OC(=O)CCCCCCCCCCCCCCCCCCCCCCC. The molecule has 0 aromatic heterocycles. The standard InChI is InChI=1S/C76H132O6/c1-4-7-10-13-16-19-22-25-28-30-32-34-35-36-37-38-39-40-41-43-44-46-48-51-54-57-60-63-66-69-75(78)81-72-73(71-80-74(77)68-65-62-59-56-53-50-27-24-21-18-15-12-9-6-3)82-76(79)70-67-64-61-58-55-52-49-47-45-42-33-31-29-26-23-20-17-14-11-8-5-2/h7,10,16,19,25,28,32,34,36-37,39-40,43-44,48,51,73H,4-6,8-9,11-15,17-18,20-24,26-27,29-31,33,35,38,41-42,45-47,49-50,52-72H2,1-3H3/b10-7-,19-16-,28-25-,34-32-,37-36-,40-39-,44-43-,51-48-. The predicted octanol–water partition coefficient (Wildman–Crippen LogP) is 24.4.